The van der Waals surface area contributed by atoms with E-state index in [2.05, 4.69) is 5.32 Å². The van der Waals surface area contributed by atoms with Gasteiger partial charge in [0.2, 0.25) is 0 Å². The van der Waals surface area contributed by atoms with Gasteiger partial charge in [-0.1, -0.05) is 18.2 Å². The fraction of sp³-hybridized carbons (Fsp3) is 0.133. The molecule has 2 aromatic carbocycles. The molecule has 0 unspecified atom stereocenters. The molecule has 2 N–H and O–H groups in total. The van der Waals surface area contributed by atoms with Crippen molar-refractivity contribution in [2.45, 2.75) is 18.7 Å². The number of benzene rings is 2. The maximum absolute atomic E-state index is 12.2. The van der Waals surface area contributed by atoms with Crippen molar-refractivity contribution in [1.29, 1.82) is 0 Å². The second kappa shape index (κ2) is 5.67. The zero-order valence-electron chi connectivity index (χ0n) is 11.6. The molecule has 0 atom stereocenters. The first kappa shape index (κ1) is 15.2. The molecule has 0 saturated heterocycles. The van der Waals surface area contributed by atoms with Crippen molar-refractivity contribution in [2.75, 3.05) is 5.32 Å². The smallest absolute Gasteiger partial charge is 0.294 e. The molecule has 0 fully saturated rings. The number of carbonyl (C=O) groups excluding carboxylic acids is 1. The number of amides is 1. The van der Waals surface area contributed by atoms with E-state index >= 15 is 0 Å². The molecule has 2 aromatic rings. The maximum atomic E-state index is 12.2. The molecule has 0 aliphatic heterocycles. The van der Waals surface area contributed by atoms with Gasteiger partial charge in [0.1, 0.15) is 0 Å². The van der Waals surface area contributed by atoms with Crippen LogP contribution < -0.4 is 5.32 Å². The van der Waals surface area contributed by atoms with Gasteiger partial charge in [-0.2, -0.15) is 8.42 Å². The number of carbonyl (C=O) groups is 1. The lowest BCUT2D eigenvalue weighted by molar-refractivity contribution is 0.102. The molecule has 5 nitrogen and oxygen atoms in total. The second-order valence-electron chi connectivity index (χ2n) is 4.72. The number of hydrogen-bond donors (Lipinski definition) is 2. The van der Waals surface area contributed by atoms with Crippen LogP contribution >= 0.6 is 0 Å². The normalized spacial score (nSPS) is 11.2. The minimum absolute atomic E-state index is 0.200. The summed E-state index contributed by atoms with van der Waals surface area (Å²) in [6, 6.07) is 11.2. The molecule has 0 aliphatic carbocycles. The Kier molecular flexibility index (Phi) is 4.11. The van der Waals surface area contributed by atoms with Crippen molar-refractivity contribution in [1.82, 2.24) is 0 Å². The standard InChI is InChI=1S/C15H15NO4S/c1-10-5-3-4-6-13(10)15(17)16-14-8-7-12(9-11(14)2)21(18,19)20/h3-9H,1-2H3,(H,16,17)(H,18,19,20). The fourth-order valence-electron chi connectivity index (χ4n) is 1.95. The Hall–Kier alpha value is -2.18. The molecule has 0 aliphatic rings. The third-order valence-electron chi connectivity index (χ3n) is 3.13. The van der Waals surface area contributed by atoms with Crippen LogP contribution in [-0.2, 0) is 10.1 Å². The summed E-state index contributed by atoms with van der Waals surface area (Å²) in [5.41, 5.74) is 2.45. The Morgan fingerprint density at radius 1 is 1.05 bits per heavy atom. The van der Waals surface area contributed by atoms with Crippen LogP contribution in [0.1, 0.15) is 21.5 Å². The van der Waals surface area contributed by atoms with Gasteiger partial charge in [-0.15, -0.1) is 0 Å². The van der Waals surface area contributed by atoms with Crippen LogP contribution in [-0.4, -0.2) is 18.9 Å². The van der Waals surface area contributed by atoms with Gasteiger partial charge < -0.3 is 5.32 Å². The highest BCUT2D eigenvalue weighted by atomic mass is 32.2. The Bertz CT molecular complexity index is 797. The molecule has 2 rings (SSSR count). The molecule has 0 spiro atoms. The van der Waals surface area contributed by atoms with Gasteiger partial charge in [0, 0.05) is 11.3 Å². The Labute approximate surface area is 123 Å². The largest absolute Gasteiger partial charge is 0.322 e. The Morgan fingerprint density at radius 2 is 1.71 bits per heavy atom. The summed E-state index contributed by atoms with van der Waals surface area (Å²) in [6.07, 6.45) is 0. The summed E-state index contributed by atoms with van der Waals surface area (Å²) in [6.45, 7) is 3.49. The first-order valence-corrected chi connectivity index (χ1v) is 7.68. The number of anilines is 1. The van der Waals surface area contributed by atoms with Crippen LogP contribution in [0.5, 0.6) is 0 Å². The number of hydrogen-bond acceptors (Lipinski definition) is 3. The lowest BCUT2D eigenvalue weighted by Crippen LogP contribution is -2.14. The second-order valence-corrected chi connectivity index (χ2v) is 6.14. The van der Waals surface area contributed by atoms with Crippen LogP contribution in [0.2, 0.25) is 0 Å². The zero-order chi connectivity index (χ0) is 15.6. The van der Waals surface area contributed by atoms with Crippen LogP contribution in [0.25, 0.3) is 0 Å². The predicted octanol–water partition coefficient (Wildman–Crippen LogP) is 2.80. The van der Waals surface area contributed by atoms with E-state index in [-0.39, 0.29) is 10.8 Å². The van der Waals surface area contributed by atoms with Crippen LogP contribution in [0.3, 0.4) is 0 Å². The molecule has 0 heterocycles. The van der Waals surface area contributed by atoms with Gasteiger partial charge in [-0.25, -0.2) is 0 Å². The molecule has 6 heteroatoms. The Balaban J connectivity index is 2.29. The Morgan fingerprint density at radius 3 is 2.29 bits per heavy atom. The van der Waals surface area contributed by atoms with E-state index in [0.717, 1.165) is 5.56 Å². The number of nitrogens with one attached hydrogen (secondary N) is 1. The lowest BCUT2D eigenvalue weighted by atomic mass is 10.1. The molecule has 0 radical (unpaired) electrons. The molecular weight excluding hydrogens is 290 g/mol. The van der Waals surface area contributed by atoms with Gasteiger partial charge >= 0.3 is 0 Å². The molecule has 0 aromatic heterocycles. The molecule has 110 valence electrons. The highest BCUT2D eigenvalue weighted by Gasteiger charge is 2.13. The molecule has 0 bridgehead atoms. The highest BCUT2D eigenvalue weighted by Crippen LogP contribution is 2.20. The van der Waals surface area contributed by atoms with E-state index in [9.17, 15) is 13.2 Å². The highest BCUT2D eigenvalue weighted by molar-refractivity contribution is 7.85. The molecule has 1 amide bonds. The van der Waals surface area contributed by atoms with Gasteiger partial charge in [-0.3, -0.25) is 9.35 Å². The van der Waals surface area contributed by atoms with Gasteiger partial charge in [0.15, 0.2) is 0 Å². The SMILES string of the molecule is Cc1cc(S(=O)(=O)O)ccc1NC(=O)c1ccccc1C. The average molecular weight is 305 g/mol. The van der Waals surface area contributed by atoms with Crippen molar-refractivity contribution in [3.05, 3.63) is 59.2 Å². The van der Waals surface area contributed by atoms with E-state index in [1.54, 1.807) is 19.1 Å². The zero-order valence-corrected chi connectivity index (χ0v) is 12.4. The number of rotatable bonds is 3. The van der Waals surface area contributed by atoms with E-state index in [4.69, 9.17) is 4.55 Å². The van der Waals surface area contributed by atoms with Crippen LogP contribution in [0.15, 0.2) is 47.4 Å². The van der Waals surface area contributed by atoms with Crippen molar-refractivity contribution in [3.63, 3.8) is 0 Å². The maximum Gasteiger partial charge on any atom is 0.294 e. The van der Waals surface area contributed by atoms with Crippen molar-refractivity contribution >= 4 is 21.7 Å². The minimum atomic E-state index is -4.24. The van der Waals surface area contributed by atoms with E-state index < -0.39 is 10.1 Å². The van der Waals surface area contributed by atoms with Crippen molar-refractivity contribution < 1.29 is 17.8 Å². The van der Waals surface area contributed by atoms with Gasteiger partial charge in [-0.05, 0) is 49.2 Å². The number of aryl methyl sites for hydroxylation is 2. The summed E-state index contributed by atoms with van der Waals surface area (Å²) in [5, 5.41) is 2.73. The van der Waals surface area contributed by atoms with E-state index in [1.165, 1.54) is 18.2 Å². The predicted molar refractivity (Wildman–Crippen MR) is 80.1 cm³/mol. The van der Waals surface area contributed by atoms with Gasteiger partial charge in [0.25, 0.3) is 16.0 Å². The molecule has 21 heavy (non-hydrogen) atoms. The first-order chi connectivity index (χ1) is 9.79. The summed E-state index contributed by atoms with van der Waals surface area (Å²) in [7, 11) is -4.24. The topological polar surface area (TPSA) is 83.5 Å². The summed E-state index contributed by atoms with van der Waals surface area (Å²) in [4.78, 5) is 12.0. The molecule has 0 saturated carbocycles. The van der Waals surface area contributed by atoms with E-state index in [0.29, 0.717) is 16.8 Å². The summed E-state index contributed by atoms with van der Waals surface area (Å²) >= 11 is 0. The van der Waals surface area contributed by atoms with Gasteiger partial charge in [0.05, 0.1) is 4.90 Å². The van der Waals surface area contributed by atoms with Crippen LogP contribution in [0.4, 0.5) is 5.69 Å². The van der Waals surface area contributed by atoms with Crippen molar-refractivity contribution in [3.8, 4) is 0 Å². The third-order valence-corrected chi connectivity index (χ3v) is 3.98. The monoisotopic (exact) mass is 305 g/mol. The average Bonchev–Trinajstić information content (AvgIpc) is 2.40. The summed E-state index contributed by atoms with van der Waals surface area (Å²) < 4.78 is 31.1. The van der Waals surface area contributed by atoms with Crippen LogP contribution in [0, 0.1) is 13.8 Å². The lowest BCUT2D eigenvalue weighted by Gasteiger charge is -2.10. The van der Waals surface area contributed by atoms with Crippen molar-refractivity contribution in [2.24, 2.45) is 0 Å². The third kappa shape index (κ3) is 3.48. The summed E-state index contributed by atoms with van der Waals surface area (Å²) in [5.74, 6) is -0.268. The fourth-order valence-corrected chi connectivity index (χ4v) is 2.52. The first-order valence-electron chi connectivity index (χ1n) is 6.24. The minimum Gasteiger partial charge on any atom is -0.322 e. The quantitative estimate of drug-likeness (QED) is 0.854. The van der Waals surface area contributed by atoms with E-state index in [1.807, 2.05) is 19.1 Å². The molecular formula is C15H15NO4S.